The summed E-state index contributed by atoms with van der Waals surface area (Å²) in [6, 6.07) is 0. The van der Waals surface area contributed by atoms with Crippen LogP contribution in [0.3, 0.4) is 0 Å². The second kappa shape index (κ2) is 3.18. The molecular weight excluding hydrogens is 192 g/mol. The number of hydrogen-bond acceptors (Lipinski definition) is 4. The van der Waals surface area contributed by atoms with Crippen LogP contribution in [-0.4, -0.2) is 22.4 Å². The van der Waals surface area contributed by atoms with Crippen LogP contribution >= 0.6 is 11.6 Å². The Morgan fingerprint density at radius 2 is 2.23 bits per heavy atom. The van der Waals surface area contributed by atoms with Gasteiger partial charge in [0.2, 0.25) is 11.2 Å². The van der Waals surface area contributed by atoms with Crippen LogP contribution in [-0.2, 0) is 11.3 Å². The fraction of sp³-hybridized carbons (Fsp3) is 0.286. The molecule has 1 aliphatic rings. The van der Waals surface area contributed by atoms with Crippen LogP contribution in [0.15, 0.2) is 6.20 Å². The number of carbonyl (C=O) groups excluding carboxylic acids is 1. The topological polar surface area (TPSA) is 66.9 Å². The monoisotopic (exact) mass is 198 g/mol. The van der Waals surface area contributed by atoms with Crippen molar-refractivity contribution in [1.29, 1.82) is 0 Å². The summed E-state index contributed by atoms with van der Waals surface area (Å²) in [5.74, 6) is 0.562. The Kier molecular flexibility index (Phi) is 2.02. The second-order valence-electron chi connectivity index (χ2n) is 2.64. The lowest BCUT2D eigenvalue weighted by Gasteiger charge is -2.03. The zero-order valence-electron chi connectivity index (χ0n) is 6.67. The average Bonchev–Trinajstić information content (AvgIpc) is 2.29. The third kappa shape index (κ3) is 1.70. The Balaban J connectivity index is 2.35. The van der Waals surface area contributed by atoms with E-state index in [4.69, 9.17) is 11.6 Å². The van der Waals surface area contributed by atoms with Crippen LogP contribution in [0.1, 0.15) is 5.56 Å². The van der Waals surface area contributed by atoms with Gasteiger partial charge in [-0.05, 0) is 11.6 Å². The molecule has 0 bridgehead atoms. The van der Waals surface area contributed by atoms with Gasteiger partial charge in [-0.15, -0.1) is 0 Å². The fourth-order valence-electron chi connectivity index (χ4n) is 1.09. The first-order chi connectivity index (χ1) is 6.25. The van der Waals surface area contributed by atoms with Gasteiger partial charge in [0.25, 0.3) is 0 Å². The number of rotatable bonds is 0. The van der Waals surface area contributed by atoms with Crippen molar-refractivity contribution in [2.45, 2.75) is 6.54 Å². The minimum absolute atomic E-state index is 0.0610. The van der Waals surface area contributed by atoms with E-state index in [1.54, 1.807) is 6.20 Å². The van der Waals surface area contributed by atoms with Crippen molar-refractivity contribution in [1.82, 2.24) is 15.3 Å². The maximum atomic E-state index is 11.0. The van der Waals surface area contributed by atoms with E-state index >= 15 is 0 Å². The molecular formula is C7H7ClN4O. The number of anilines is 1. The Hall–Kier alpha value is -1.36. The molecule has 1 aromatic rings. The van der Waals surface area contributed by atoms with Gasteiger partial charge in [0.15, 0.2) is 0 Å². The lowest BCUT2D eigenvalue weighted by molar-refractivity contribution is -0.119. The number of amides is 1. The molecule has 0 aromatic carbocycles. The van der Waals surface area contributed by atoms with Crippen molar-refractivity contribution in [3.63, 3.8) is 0 Å². The van der Waals surface area contributed by atoms with Crippen molar-refractivity contribution in [3.8, 4) is 0 Å². The highest BCUT2D eigenvalue weighted by Crippen LogP contribution is 2.14. The molecule has 0 fully saturated rings. The molecule has 0 radical (unpaired) electrons. The molecule has 5 nitrogen and oxygen atoms in total. The molecule has 68 valence electrons. The largest absolute Gasteiger partial charge is 0.361 e. The van der Waals surface area contributed by atoms with E-state index in [1.807, 2.05) is 0 Å². The summed E-state index contributed by atoms with van der Waals surface area (Å²) in [6.07, 6.45) is 1.60. The van der Waals surface area contributed by atoms with Gasteiger partial charge in [-0.1, -0.05) is 0 Å². The average molecular weight is 199 g/mol. The lowest BCUT2D eigenvalue weighted by atomic mass is 10.3. The predicted molar refractivity (Wildman–Crippen MR) is 47.4 cm³/mol. The normalized spacial score (nSPS) is 15.3. The van der Waals surface area contributed by atoms with Gasteiger partial charge in [-0.25, -0.2) is 9.97 Å². The zero-order valence-corrected chi connectivity index (χ0v) is 7.43. The summed E-state index contributed by atoms with van der Waals surface area (Å²) >= 11 is 5.60. The first kappa shape index (κ1) is 8.25. The molecule has 0 saturated carbocycles. The van der Waals surface area contributed by atoms with E-state index < -0.39 is 0 Å². The quantitative estimate of drug-likeness (QED) is 0.584. The minimum atomic E-state index is -0.0610. The van der Waals surface area contributed by atoms with Crippen molar-refractivity contribution < 1.29 is 4.79 Å². The first-order valence-corrected chi connectivity index (χ1v) is 4.15. The Morgan fingerprint density at radius 3 is 3.08 bits per heavy atom. The van der Waals surface area contributed by atoms with Crippen LogP contribution in [0.5, 0.6) is 0 Å². The minimum Gasteiger partial charge on any atom is -0.361 e. The van der Waals surface area contributed by atoms with Crippen LogP contribution in [0, 0.1) is 0 Å². The van der Waals surface area contributed by atoms with Crippen molar-refractivity contribution in [2.75, 3.05) is 11.9 Å². The third-order valence-corrected chi connectivity index (χ3v) is 1.91. The SMILES string of the molecule is O=C1CNc2nc(Cl)ncc2CN1. The number of nitrogens with one attached hydrogen (secondary N) is 2. The number of fused-ring (bicyclic) bond motifs is 1. The van der Waals surface area contributed by atoms with Crippen molar-refractivity contribution in [2.24, 2.45) is 0 Å². The summed E-state index contributed by atoms with van der Waals surface area (Å²) in [6.45, 7) is 0.665. The number of hydrogen-bond donors (Lipinski definition) is 2. The molecule has 0 unspecified atom stereocenters. The molecule has 2 heterocycles. The molecule has 0 atom stereocenters. The maximum Gasteiger partial charge on any atom is 0.239 e. The number of halogens is 1. The first-order valence-electron chi connectivity index (χ1n) is 3.78. The van der Waals surface area contributed by atoms with Gasteiger partial charge in [-0.3, -0.25) is 4.79 Å². The van der Waals surface area contributed by atoms with Gasteiger partial charge in [0, 0.05) is 18.3 Å². The number of carbonyl (C=O) groups is 1. The standard InChI is InChI=1S/C7H7ClN4O/c8-7-11-2-4-1-9-5(13)3-10-6(4)12-7/h2H,1,3H2,(H,9,13)(H,10,11,12). The summed E-state index contributed by atoms with van der Waals surface area (Å²) in [5, 5.41) is 5.74. The summed E-state index contributed by atoms with van der Waals surface area (Å²) in [7, 11) is 0. The molecule has 2 N–H and O–H groups in total. The molecule has 13 heavy (non-hydrogen) atoms. The molecule has 0 spiro atoms. The van der Waals surface area contributed by atoms with E-state index in [9.17, 15) is 4.79 Å². The third-order valence-electron chi connectivity index (χ3n) is 1.73. The highest BCUT2D eigenvalue weighted by molar-refractivity contribution is 6.28. The molecule has 1 amide bonds. The van der Waals surface area contributed by atoms with Gasteiger partial charge in [0.05, 0.1) is 6.54 Å². The molecule has 1 aromatic heterocycles. The fourth-order valence-corrected chi connectivity index (χ4v) is 1.22. The van der Waals surface area contributed by atoms with Crippen molar-refractivity contribution >= 4 is 23.3 Å². The van der Waals surface area contributed by atoms with Gasteiger partial charge in [0.1, 0.15) is 5.82 Å². The van der Waals surface area contributed by atoms with Crippen LogP contribution < -0.4 is 10.6 Å². The maximum absolute atomic E-state index is 11.0. The smallest absolute Gasteiger partial charge is 0.239 e. The molecule has 0 aliphatic carbocycles. The van der Waals surface area contributed by atoms with Crippen LogP contribution in [0.25, 0.3) is 0 Å². The summed E-state index contributed by atoms with van der Waals surface area (Å²) in [5.41, 5.74) is 0.843. The van der Waals surface area contributed by atoms with E-state index in [1.165, 1.54) is 0 Å². The van der Waals surface area contributed by atoms with Crippen LogP contribution in [0.2, 0.25) is 5.28 Å². The van der Waals surface area contributed by atoms with E-state index in [0.29, 0.717) is 12.4 Å². The highest BCUT2D eigenvalue weighted by Gasteiger charge is 2.12. The Labute approximate surface area is 79.5 Å². The van der Waals surface area contributed by atoms with Crippen molar-refractivity contribution in [3.05, 3.63) is 17.0 Å². The molecule has 0 saturated heterocycles. The van der Waals surface area contributed by atoms with Gasteiger partial charge >= 0.3 is 0 Å². The van der Waals surface area contributed by atoms with E-state index in [2.05, 4.69) is 20.6 Å². The molecule has 2 rings (SSSR count). The highest BCUT2D eigenvalue weighted by atomic mass is 35.5. The Bertz CT molecular complexity index is 354. The molecule has 1 aliphatic heterocycles. The molecule has 6 heteroatoms. The number of nitrogens with zero attached hydrogens (tertiary/aromatic N) is 2. The van der Waals surface area contributed by atoms with E-state index in [0.717, 1.165) is 5.56 Å². The Morgan fingerprint density at radius 1 is 1.38 bits per heavy atom. The summed E-state index contributed by atoms with van der Waals surface area (Å²) < 4.78 is 0. The number of aromatic nitrogens is 2. The zero-order chi connectivity index (χ0) is 9.26. The lowest BCUT2D eigenvalue weighted by Crippen LogP contribution is -2.25. The van der Waals surface area contributed by atoms with E-state index in [-0.39, 0.29) is 17.7 Å². The van der Waals surface area contributed by atoms with Gasteiger partial charge < -0.3 is 10.6 Å². The van der Waals surface area contributed by atoms with Crippen LogP contribution in [0.4, 0.5) is 5.82 Å². The summed E-state index contributed by atoms with van der Waals surface area (Å²) in [4.78, 5) is 18.8. The predicted octanol–water partition coefficient (Wildman–Crippen LogP) is 0.172. The van der Waals surface area contributed by atoms with Gasteiger partial charge in [-0.2, -0.15) is 0 Å². The second-order valence-corrected chi connectivity index (χ2v) is 2.98.